The maximum absolute atomic E-state index is 6.12. The van der Waals surface area contributed by atoms with Crippen LogP contribution < -0.4 is 0 Å². The molecule has 0 atom stereocenters. The van der Waals surface area contributed by atoms with E-state index in [4.69, 9.17) is 16.6 Å². The van der Waals surface area contributed by atoms with E-state index in [2.05, 4.69) is 35.9 Å². The Labute approximate surface area is 133 Å². The van der Waals surface area contributed by atoms with Gasteiger partial charge in [0.2, 0.25) is 0 Å². The van der Waals surface area contributed by atoms with E-state index in [-0.39, 0.29) is 0 Å². The zero-order valence-electron chi connectivity index (χ0n) is 12.3. The number of nitrogens with zero attached hydrogens (tertiary/aromatic N) is 2. The van der Waals surface area contributed by atoms with Crippen molar-refractivity contribution >= 4 is 33.5 Å². The van der Waals surface area contributed by atoms with Crippen molar-refractivity contribution in [2.45, 2.75) is 13.8 Å². The summed E-state index contributed by atoms with van der Waals surface area (Å²) in [7, 11) is 0. The average molecular weight is 308 g/mol. The molecule has 0 fully saturated rings. The van der Waals surface area contributed by atoms with Crippen molar-refractivity contribution in [2.75, 3.05) is 0 Å². The number of fused-ring (bicyclic) bond motifs is 2. The minimum Gasteiger partial charge on any atom is -0.360 e. The van der Waals surface area contributed by atoms with Crippen molar-refractivity contribution in [1.82, 2.24) is 15.0 Å². The largest absolute Gasteiger partial charge is 0.360 e. The summed E-state index contributed by atoms with van der Waals surface area (Å²) in [5.41, 5.74) is 7.20. The fourth-order valence-electron chi connectivity index (χ4n) is 2.70. The summed E-state index contributed by atoms with van der Waals surface area (Å²) in [5.74, 6) is 0. The lowest BCUT2D eigenvalue weighted by Gasteiger charge is -2.05. The van der Waals surface area contributed by atoms with Crippen molar-refractivity contribution in [3.63, 3.8) is 0 Å². The van der Waals surface area contributed by atoms with Gasteiger partial charge in [-0.3, -0.25) is 4.98 Å². The molecule has 4 heteroatoms. The summed E-state index contributed by atoms with van der Waals surface area (Å²) in [6.07, 6.45) is 3.78. The van der Waals surface area contributed by atoms with E-state index in [1.165, 1.54) is 11.1 Å². The van der Waals surface area contributed by atoms with Gasteiger partial charge in [0.15, 0.2) is 0 Å². The number of hydrogen-bond acceptors (Lipinski definition) is 2. The molecule has 0 aliphatic rings. The number of aromatic nitrogens is 3. The molecule has 0 aliphatic heterocycles. The van der Waals surface area contributed by atoms with Crippen LogP contribution in [0.2, 0.25) is 5.02 Å². The Balaban J connectivity index is 1.96. The lowest BCUT2D eigenvalue weighted by atomic mass is 10.1. The molecule has 3 nitrogen and oxygen atoms in total. The van der Waals surface area contributed by atoms with Crippen molar-refractivity contribution < 1.29 is 0 Å². The van der Waals surface area contributed by atoms with Crippen molar-refractivity contribution in [2.24, 2.45) is 0 Å². The molecule has 0 saturated heterocycles. The Bertz CT molecular complexity index is 1020. The average Bonchev–Trinajstić information content (AvgIpc) is 2.91. The second-order valence-electron chi connectivity index (χ2n) is 5.57. The third-order valence-electron chi connectivity index (χ3n) is 4.08. The van der Waals surface area contributed by atoms with Crippen LogP contribution in [-0.2, 0) is 0 Å². The van der Waals surface area contributed by atoms with Gasteiger partial charge in [0.1, 0.15) is 0 Å². The highest BCUT2D eigenvalue weighted by Crippen LogP contribution is 2.30. The number of benzene rings is 2. The molecule has 2 aromatic heterocycles. The quantitative estimate of drug-likeness (QED) is 0.534. The van der Waals surface area contributed by atoms with Crippen LogP contribution in [0.25, 0.3) is 33.2 Å². The number of nitrogens with one attached hydrogen (secondary N) is 1. The molecule has 2 heterocycles. The summed E-state index contributed by atoms with van der Waals surface area (Å²) in [4.78, 5) is 12.6. The SMILES string of the molecule is Cc1cc2ncc(-c3c[nH]c4ccc(Cl)cc34)nc2cc1C. The molecule has 0 saturated carbocycles. The van der Waals surface area contributed by atoms with E-state index in [1.54, 1.807) is 0 Å². The third-order valence-corrected chi connectivity index (χ3v) is 4.31. The number of aromatic amines is 1. The van der Waals surface area contributed by atoms with E-state index in [0.29, 0.717) is 5.02 Å². The molecule has 0 unspecified atom stereocenters. The molecule has 108 valence electrons. The van der Waals surface area contributed by atoms with Gasteiger partial charge in [0.25, 0.3) is 0 Å². The summed E-state index contributed by atoms with van der Waals surface area (Å²) in [6, 6.07) is 9.97. The maximum Gasteiger partial charge on any atom is 0.0914 e. The summed E-state index contributed by atoms with van der Waals surface area (Å²) in [5, 5.41) is 1.78. The molecule has 1 N–H and O–H groups in total. The first kappa shape index (κ1) is 13.3. The number of aryl methyl sites for hydroxylation is 2. The fourth-order valence-corrected chi connectivity index (χ4v) is 2.87. The van der Waals surface area contributed by atoms with Gasteiger partial charge < -0.3 is 4.98 Å². The van der Waals surface area contributed by atoms with Crippen LogP contribution in [0.3, 0.4) is 0 Å². The second kappa shape index (κ2) is 4.82. The lowest BCUT2D eigenvalue weighted by Crippen LogP contribution is -1.90. The van der Waals surface area contributed by atoms with Gasteiger partial charge in [0.05, 0.1) is 22.9 Å². The number of rotatable bonds is 1. The highest BCUT2D eigenvalue weighted by atomic mass is 35.5. The lowest BCUT2D eigenvalue weighted by molar-refractivity contribution is 1.26. The van der Waals surface area contributed by atoms with Crippen molar-refractivity contribution in [3.8, 4) is 11.3 Å². The zero-order valence-corrected chi connectivity index (χ0v) is 13.1. The van der Waals surface area contributed by atoms with Crippen molar-refractivity contribution in [3.05, 3.63) is 58.9 Å². The van der Waals surface area contributed by atoms with E-state index < -0.39 is 0 Å². The molecular formula is C18H14ClN3. The normalized spacial score (nSPS) is 11.4. The van der Waals surface area contributed by atoms with Crippen LogP contribution in [0.15, 0.2) is 42.7 Å². The molecule has 4 rings (SSSR count). The molecular weight excluding hydrogens is 294 g/mol. The number of hydrogen-bond donors (Lipinski definition) is 1. The Morgan fingerprint density at radius 3 is 2.59 bits per heavy atom. The van der Waals surface area contributed by atoms with Gasteiger partial charge in [-0.05, 0) is 55.3 Å². The minimum atomic E-state index is 0.716. The van der Waals surface area contributed by atoms with E-state index in [0.717, 1.165) is 33.2 Å². The van der Waals surface area contributed by atoms with Gasteiger partial charge in [-0.1, -0.05) is 11.6 Å². The first-order valence-corrected chi connectivity index (χ1v) is 7.50. The Morgan fingerprint density at radius 1 is 1.00 bits per heavy atom. The zero-order chi connectivity index (χ0) is 15.3. The van der Waals surface area contributed by atoms with Crippen molar-refractivity contribution in [1.29, 1.82) is 0 Å². The smallest absolute Gasteiger partial charge is 0.0914 e. The predicted molar refractivity (Wildman–Crippen MR) is 91.3 cm³/mol. The summed E-state index contributed by atoms with van der Waals surface area (Å²) < 4.78 is 0. The molecule has 0 radical (unpaired) electrons. The molecule has 0 aliphatic carbocycles. The maximum atomic E-state index is 6.12. The summed E-state index contributed by atoms with van der Waals surface area (Å²) in [6.45, 7) is 4.18. The molecule has 0 bridgehead atoms. The Kier molecular flexibility index (Phi) is 2.91. The topological polar surface area (TPSA) is 41.6 Å². The first-order chi connectivity index (χ1) is 10.6. The fraction of sp³-hybridized carbons (Fsp3) is 0.111. The number of halogens is 1. The molecule has 2 aromatic carbocycles. The van der Waals surface area contributed by atoms with Gasteiger partial charge in [-0.25, -0.2) is 4.98 Å². The standard InChI is InChI=1S/C18H14ClN3/c1-10-5-16-17(6-11(10)2)22-18(9-21-16)14-8-20-15-4-3-12(19)7-13(14)15/h3-9,20H,1-2H3. The molecule has 0 amide bonds. The van der Waals surface area contributed by atoms with Gasteiger partial charge in [-0.2, -0.15) is 0 Å². The van der Waals surface area contributed by atoms with Crippen LogP contribution in [0.1, 0.15) is 11.1 Å². The summed E-state index contributed by atoms with van der Waals surface area (Å²) >= 11 is 6.12. The van der Waals surface area contributed by atoms with Crippen LogP contribution in [-0.4, -0.2) is 15.0 Å². The van der Waals surface area contributed by atoms with Gasteiger partial charge in [0, 0.05) is 27.7 Å². The van der Waals surface area contributed by atoms with Gasteiger partial charge >= 0.3 is 0 Å². The number of H-pyrrole nitrogens is 1. The van der Waals surface area contributed by atoms with Gasteiger partial charge in [-0.15, -0.1) is 0 Å². The molecule has 4 aromatic rings. The predicted octanol–water partition coefficient (Wildman–Crippen LogP) is 5.05. The molecule has 22 heavy (non-hydrogen) atoms. The van der Waals surface area contributed by atoms with Crippen LogP contribution in [0.4, 0.5) is 0 Å². The monoisotopic (exact) mass is 307 g/mol. The third kappa shape index (κ3) is 2.06. The van der Waals surface area contributed by atoms with Crippen LogP contribution >= 0.6 is 11.6 Å². The van der Waals surface area contributed by atoms with Crippen LogP contribution in [0.5, 0.6) is 0 Å². The highest BCUT2D eigenvalue weighted by molar-refractivity contribution is 6.31. The first-order valence-electron chi connectivity index (χ1n) is 7.13. The Hall–Kier alpha value is -2.39. The highest BCUT2D eigenvalue weighted by Gasteiger charge is 2.10. The van der Waals surface area contributed by atoms with Crippen LogP contribution in [0, 0.1) is 13.8 Å². The van der Waals surface area contributed by atoms with E-state index in [1.807, 2.05) is 30.6 Å². The molecule has 0 spiro atoms. The van der Waals surface area contributed by atoms with E-state index >= 15 is 0 Å². The minimum absolute atomic E-state index is 0.716. The Morgan fingerprint density at radius 2 is 1.77 bits per heavy atom. The van der Waals surface area contributed by atoms with E-state index in [9.17, 15) is 0 Å². The second-order valence-corrected chi connectivity index (χ2v) is 6.01.